The van der Waals surface area contributed by atoms with Crippen molar-refractivity contribution in [1.29, 1.82) is 0 Å². The predicted octanol–water partition coefficient (Wildman–Crippen LogP) is 0.518. The van der Waals surface area contributed by atoms with Crippen molar-refractivity contribution in [3.05, 3.63) is 50.6 Å². The Hall–Kier alpha value is -2.77. The third kappa shape index (κ3) is 3.58. The molecule has 1 atom stereocenters. The summed E-state index contributed by atoms with van der Waals surface area (Å²) in [6.07, 6.45) is 1.60. The number of aromatic nitrogens is 2. The minimum Gasteiger partial charge on any atom is -0.465 e. The fraction of sp³-hybridized carbons (Fsp3) is 0.500. The van der Waals surface area contributed by atoms with Crippen molar-refractivity contribution in [2.45, 2.75) is 26.3 Å². The van der Waals surface area contributed by atoms with Crippen LogP contribution in [0.2, 0.25) is 0 Å². The Kier molecular flexibility index (Phi) is 5.01. The molecule has 26 heavy (non-hydrogen) atoms. The lowest BCUT2D eigenvalue weighted by atomic mass is 9.97. The van der Waals surface area contributed by atoms with Gasteiger partial charge in [-0.2, -0.15) is 0 Å². The van der Waals surface area contributed by atoms with Gasteiger partial charge in [0.2, 0.25) is 5.91 Å². The quantitative estimate of drug-likeness (QED) is 0.859. The van der Waals surface area contributed by atoms with Crippen molar-refractivity contribution < 1.29 is 9.21 Å². The molecule has 3 heterocycles. The lowest BCUT2D eigenvalue weighted by Crippen LogP contribution is -2.46. The molecule has 1 amide bonds. The second kappa shape index (κ2) is 7.23. The molecule has 1 aliphatic heterocycles. The van der Waals surface area contributed by atoms with Crippen LogP contribution in [-0.4, -0.2) is 28.1 Å². The zero-order valence-electron chi connectivity index (χ0n) is 15.3. The summed E-state index contributed by atoms with van der Waals surface area (Å²) in [6.45, 7) is 3.40. The highest BCUT2D eigenvalue weighted by Gasteiger charge is 2.27. The number of hydrogen-bond donors (Lipinski definition) is 1. The van der Waals surface area contributed by atoms with Crippen LogP contribution in [0.1, 0.15) is 24.4 Å². The lowest BCUT2D eigenvalue weighted by Gasteiger charge is -2.34. The fourth-order valence-corrected chi connectivity index (χ4v) is 3.32. The molecule has 1 fully saturated rings. The smallest absolute Gasteiger partial charge is 0.332 e. The first-order chi connectivity index (χ1) is 12.4. The van der Waals surface area contributed by atoms with Crippen molar-refractivity contribution in [3.8, 4) is 0 Å². The molecule has 0 radical (unpaired) electrons. The van der Waals surface area contributed by atoms with E-state index in [1.807, 2.05) is 24.0 Å². The Labute approximate surface area is 151 Å². The molecule has 0 aliphatic carbocycles. The van der Waals surface area contributed by atoms with E-state index in [9.17, 15) is 14.4 Å². The van der Waals surface area contributed by atoms with Gasteiger partial charge in [-0.05, 0) is 31.9 Å². The largest absolute Gasteiger partial charge is 0.465 e. The summed E-state index contributed by atoms with van der Waals surface area (Å²) in [7, 11) is 3.09. The molecule has 0 aromatic carbocycles. The Balaban J connectivity index is 1.70. The molecule has 0 spiro atoms. The van der Waals surface area contributed by atoms with Crippen LogP contribution in [0, 0.1) is 12.8 Å². The second-order valence-electron chi connectivity index (χ2n) is 6.76. The number of aryl methyl sites for hydroxylation is 1. The van der Waals surface area contributed by atoms with Gasteiger partial charge in [0.05, 0.1) is 12.5 Å². The van der Waals surface area contributed by atoms with Crippen LogP contribution in [0.25, 0.3) is 0 Å². The van der Waals surface area contributed by atoms with Crippen LogP contribution < -0.4 is 21.5 Å². The molecule has 3 rings (SSSR count). The zero-order valence-corrected chi connectivity index (χ0v) is 15.3. The van der Waals surface area contributed by atoms with E-state index in [0.29, 0.717) is 25.5 Å². The number of nitrogens with one attached hydrogen (secondary N) is 1. The van der Waals surface area contributed by atoms with Crippen molar-refractivity contribution in [2.75, 3.05) is 18.0 Å². The molecular formula is C18H24N4O4. The number of carbonyl (C=O) groups is 1. The van der Waals surface area contributed by atoms with Gasteiger partial charge in [-0.1, -0.05) is 0 Å². The maximum absolute atomic E-state index is 12.5. The van der Waals surface area contributed by atoms with E-state index in [1.165, 1.54) is 17.7 Å². The minimum absolute atomic E-state index is 0.0439. The molecule has 140 valence electrons. The summed E-state index contributed by atoms with van der Waals surface area (Å²) in [6, 6.07) is 5.16. The van der Waals surface area contributed by atoms with Gasteiger partial charge in [0.15, 0.2) is 0 Å². The molecule has 0 bridgehead atoms. The fourth-order valence-electron chi connectivity index (χ4n) is 3.32. The van der Waals surface area contributed by atoms with Crippen LogP contribution in [0.4, 0.5) is 5.82 Å². The number of hydrogen-bond acceptors (Lipinski definition) is 5. The Bertz CT molecular complexity index is 924. The molecular weight excluding hydrogens is 336 g/mol. The van der Waals surface area contributed by atoms with Gasteiger partial charge in [-0.25, -0.2) is 4.79 Å². The Morgan fingerprint density at radius 1 is 1.27 bits per heavy atom. The number of furan rings is 1. The Morgan fingerprint density at radius 3 is 2.73 bits per heavy atom. The minimum atomic E-state index is -0.368. The summed E-state index contributed by atoms with van der Waals surface area (Å²) in [5, 5.41) is 2.91. The normalized spacial score (nSPS) is 17.3. The zero-order chi connectivity index (χ0) is 18.8. The highest BCUT2D eigenvalue weighted by Crippen LogP contribution is 2.21. The number of anilines is 1. The van der Waals surface area contributed by atoms with E-state index in [2.05, 4.69) is 5.32 Å². The number of piperidine rings is 1. The van der Waals surface area contributed by atoms with Gasteiger partial charge < -0.3 is 14.6 Å². The van der Waals surface area contributed by atoms with E-state index >= 15 is 0 Å². The molecule has 2 aromatic heterocycles. The van der Waals surface area contributed by atoms with E-state index in [1.54, 1.807) is 7.05 Å². The first-order valence-electron chi connectivity index (χ1n) is 8.72. The predicted molar refractivity (Wildman–Crippen MR) is 97.2 cm³/mol. The summed E-state index contributed by atoms with van der Waals surface area (Å²) in [5.74, 6) is 1.84. The SMILES string of the molecule is Cc1ccc(CNC(=O)[C@H]2CCCN(c3cc(=O)n(C)c(=O)n3C)C2)o1. The molecule has 1 N–H and O–H groups in total. The summed E-state index contributed by atoms with van der Waals surface area (Å²) in [4.78, 5) is 38.6. The topological polar surface area (TPSA) is 89.5 Å². The highest BCUT2D eigenvalue weighted by atomic mass is 16.3. The van der Waals surface area contributed by atoms with Crippen molar-refractivity contribution in [1.82, 2.24) is 14.5 Å². The van der Waals surface area contributed by atoms with Gasteiger partial charge in [-0.15, -0.1) is 0 Å². The Morgan fingerprint density at radius 2 is 2.04 bits per heavy atom. The number of nitrogens with zero attached hydrogens (tertiary/aromatic N) is 3. The van der Waals surface area contributed by atoms with Crippen LogP contribution in [0.3, 0.4) is 0 Å². The standard InChI is InChI=1S/C18H24N4O4/c1-12-6-7-14(26-12)10-19-17(24)13-5-4-8-22(11-13)15-9-16(23)21(3)18(25)20(15)2/h6-7,9,13H,4-5,8,10-11H2,1-3H3,(H,19,24)/t13-/m0/s1. The van der Waals surface area contributed by atoms with Gasteiger partial charge in [0, 0.05) is 33.3 Å². The van der Waals surface area contributed by atoms with Crippen LogP contribution in [0.15, 0.2) is 32.2 Å². The summed E-state index contributed by atoms with van der Waals surface area (Å²) in [5.41, 5.74) is -0.713. The van der Waals surface area contributed by atoms with Gasteiger partial charge >= 0.3 is 5.69 Å². The maximum Gasteiger partial charge on any atom is 0.332 e. The number of carbonyl (C=O) groups excluding carboxylic acids is 1. The van der Waals surface area contributed by atoms with Crippen LogP contribution >= 0.6 is 0 Å². The number of amides is 1. The number of rotatable bonds is 4. The van der Waals surface area contributed by atoms with E-state index in [4.69, 9.17) is 4.42 Å². The molecule has 8 heteroatoms. The van der Waals surface area contributed by atoms with Crippen molar-refractivity contribution in [2.24, 2.45) is 20.0 Å². The van der Waals surface area contributed by atoms with Crippen LogP contribution in [0.5, 0.6) is 0 Å². The monoisotopic (exact) mass is 360 g/mol. The summed E-state index contributed by atoms with van der Waals surface area (Å²) < 4.78 is 7.99. The van der Waals surface area contributed by atoms with Gasteiger partial charge in [0.1, 0.15) is 17.3 Å². The maximum atomic E-state index is 12.5. The molecule has 8 nitrogen and oxygen atoms in total. The van der Waals surface area contributed by atoms with E-state index in [0.717, 1.165) is 28.9 Å². The summed E-state index contributed by atoms with van der Waals surface area (Å²) >= 11 is 0. The molecule has 0 saturated carbocycles. The van der Waals surface area contributed by atoms with Crippen molar-refractivity contribution in [3.63, 3.8) is 0 Å². The molecule has 1 saturated heterocycles. The average molecular weight is 360 g/mol. The first kappa shape index (κ1) is 18.0. The van der Waals surface area contributed by atoms with Crippen molar-refractivity contribution >= 4 is 11.7 Å². The van der Waals surface area contributed by atoms with Crippen LogP contribution in [-0.2, 0) is 25.4 Å². The lowest BCUT2D eigenvalue weighted by molar-refractivity contribution is -0.125. The molecule has 0 unspecified atom stereocenters. The average Bonchev–Trinajstić information content (AvgIpc) is 3.06. The third-order valence-electron chi connectivity index (χ3n) is 4.85. The van der Waals surface area contributed by atoms with Gasteiger partial charge in [0.25, 0.3) is 5.56 Å². The van der Waals surface area contributed by atoms with Gasteiger partial charge in [-0.3, -0.25) is 18.7 Å². The van der Waals surface area contributed by atoms with E-state index < -0.39 is 0 Å². The second-order valence-corrected chi connectivity index (χ2v) is 6.76. The molecule has 1 aliphatic rings. The first-order valence-corrected chi connectivity index (χ1v) is 8.72. The molecule has 2 aromatic rings. The highest BCUT2D eigenvalue weighted by molar-refractivity contribution is 5.79. The third-order valence-corrected chi connectivity index (χ3v) is 4.85. The van der Waals surface area contributed by atoms with E-state index in [-0.39, 0.29) is 23.1 Å².